The van der Waals surface area contributed by atoms with E-state index in [1.54, 1.807) is 0 Å². The monoisotopic (exact) mass is 155 g/mol. The first-order chi connectivity index (χ1) is 5.11. The highest BCUT2D eigenvalue weighted by molar-refractivity contribution is 6.11. The fraction of sp³-hybridized carbons (Fsp3) is 1.00. The lowest BCUT2D eigenvalue weighted by molar-refractivity contribution is 0.0937. The van der Waals surface area contributed by atoms with Crippen LogP contribution in [-0.4, -0.2) is 37.4 Å². The molecule has 0 spiro atoms. The maximum absolute atomic E-state index is 12.9. The first-order valence-electron chi connectivity index (χ1n) is 4.26. The van der Waals surface area contributed by atoms with E-state index in [4.69, 9.17) is 7.85 Å². The molecule has 1 rings (SSSR count). The minimum absolute atomic E-state index is 0.0713. The van der Waals surface area contributed by atoms with Gasteiger partial charge in [-0.1, -0.05) is 0 Å². The number of hydrogen-bond acceptors (Lipinski definition) is 1. The van der Waals surface area contributed by atoms with Crippen molar-refractivity contribution in [2.24, 2.45) is 0 Å². The number of hydrogen-bond donors (Lipinski definition) is 0. The molecule has 1 saturated heterocycles. The second-order valence-corrected chi connectivity index (χ2v) is 3.53. The molecule has 11 heavy (non-hydrogen) atoms. The number of nitrogens with zero attached hydrogens (tertiary/aromatic N) is 1. The van der Waals surface area contributed by atoms with Crippen molar-refractivity contribution in [3.63, 3.8) is 0 Å². The van der Waals surface area contributed by atoms with Crippen LogP contribution in [0.3, 0.4) is 0 Å². The molecule has 0 amide bonds. The lowest BCUT2D eigenvalue weighted by Crippen LogP contribution is -2.48. The minimum Gasteiger partial charge on any atom is -0.304 e. The van der Waals surface area contributed by atoms with Gasteiger partial charge in [-0.2, -0.15) is 0 Å². The average molecular weight is 155 g/mol. The third-order valence-corrected chi connectivity index (χ3v) is 2.27. The van der Waals surface area contributed by atoms with E-state index in [9.17, 15) is 4.39 Å². The summed E-state index contributed by atoms with van der Waals surface area (Å²) in [5.74, 6) is 0.0713. The third-order valence-electron chi connectivity index (χ3n) is 2.27. The Morgan fingerprint density at radius 3 is 2.55 bits per heavy atom. The van der Waals surface area contributed by atoms with Crippen LogP contribution >= 0.6 is 0 Å². The zero-order valence-corrected chi connectivity index (χ0v) is 7.26. The molecular weight excluding hydrogens is 140 g/mol. The van der Waals surface area contributed by atoms with Crippen LogP contribution in [0, 0.1) is 0 Å². The summed E-state index contributed by atoms with van der Waals surface area (Å²) in [4.78, 5) is 2.02. The molecule has 1 aliphatic heterocycles. The fourth-order valence-electron chi connectivity index (χ4n) is 1.57. The van der Waals surface area contributed by atoms with Gasteiger partial charge in [0.2, 0.25) is 0 Å². The largest absolute Gasteiger partial charge is 0.304 e. The Morgan fingerprint density at radius 2 is 2.09 bits per heavy atom. The molecule has 0 saturated carbocycles. The first-order valence-corrected chi connectivity index (χ1v) is 4.26. The lowest BCUT2D eigenvalue weighted by Gasteiger charge is -2.38. The van der Waals surface area contributed by atoms with Gasteiger partial charge in [0, 0.05) is 12.6 Å². The Labute approximate surface area is 69.4 Å². The van der Waals surface area contributed by atoms with Gasteiger partial charge >= 0.3 is 0 Å². The smallest absolute Gasteiger partial charge is 0.113 e. The van der Waals surface area contributed by atoms with E-state index in [-0.39, 0.29) is 5.94 Å². The van der Waals surface area contributed by atoms with Crippen molar-refractivity contribution in [3.05, 3.63) is 0 Å². The second kappa shape index (κ2) is 3.57. The molecule has 1 aliphatic rings. The Bertz CT molecular complexity index is 129. The van der Waals surface area contributed by atoms with Crippen LogP contribution in [-0.2, 0) is 0 Å². The summed E-state index contributed by atoms with van der Waals surface area (Å²) in [6, 6.07) is 0.364. The van der Waals surface area contributed by atoms with E-state index in [0.29, 0.717) is 19.0 Å². The molecule has 3 heteroatoms. The van der Waals surface area contributed by atoms with Crippen LogP contribution < -0.4 is 0 Å². The standard InChI is InChI=1S/C8H15BFN/c1-6(2)11-5-7(10)3-4-8(11)9/h6-8H,3-5H2,1-2H3/t7-,8+/m0/s1. The van der Waals surface area contributed by atoms with E-state index in [2.05, 4.69) is 13.8 Å². The number of likely N-dealkylation sites (tertiary alicyclic amines) is 1. The van der Waals surface area contributed by atoms with E-state index >= 15 is 0 Å². The maximum atomic E-state index is 12.9. The molecule has 0 aromatic heterocycles. The SMILES string of the molecule is [B][C@H]1CC[C@H](F)CN1C(C)C. The average Bonchev–Trinajstić information content (AvgIpc) is 1.94. The second-order valence-electron chi connectivity index (χ2n) is 3.53. The molecule has 0 aliphatic carbocycles. The number of alkyl halides is 1. The molecule has 0 N–H and O–H groups in total. The van der Waals surface area contributed by atoms with Gasteiger partial charge in [-0.25, -0.2) is 4.39 Å². The highest BCUT2D eigenvalue weighted by Crippen LogP contribution is 2.19. The lowest BCUT2D eigenvalue weighted by atomic mass is 9.85. The van der Waals surface area contributed by atoms with Crippen LogP contribution in [0.5, 0.6) is 0 Å². The predicted octanol–water partition coefficient (Wildman–Crippen LogP) is 1.32. The highest BCUT2D eigenvalue weighted by Gasteiger charge is 2.25. The number of piperidine rings is 1. The van der Waals surface area contributed by atoms with Gasteiger partial charge in [-0.3, -0.25) is 0 Å². The molecule has 2 atom stereocenters. The molecule has 0 bridgehead atoms. The third kappa shape index (κ3) is 2.19. The van der Waals surface area contributed by atoms with Crippen molar-refractivity contribution >= 4 is 7.85 Å². The molecule has 0 aromatic carbocycles. The van der Waals surface area contributed by atoms with Gasteiger partial charge in [0.25, 0.3) is 0 Å². The predicted molar refractivity (Wildman–Crippen MR) is 45.5 cm³/mol. The number of halogens is 1. The van der Waals surface area contributed by atoms with Crippen molar-refractivity contribution in [1.29, 1.82) is 0 Å². The van der Waals surface area contributed by atoms with Gasteiger partial charge in [-0.05, 0) is 32.6 Å². The van der Waals surface area contributed by atoms with Crippen LogP contribution in [0.15, 0.2) is 0 Å². The topological polar surface area (TPSA) is 3.24 Å². The maximum Gasteiger partial charge on any atom is 0.113 e. The molecule has 0 aromatic rings. The van der Waals surface area contributed by atoms with Crippen molar-refractivity contribution in [2.75, 3.05) is 6.54 Å². The van der Waals surface area contributed by atoms with E-state index in [0.717, 1.165) is 6.42 Å². The fourth-order valence-corrected chi connectivity index (χ4v) is 1.57. The molecule has 1 fully saturated rings. The molecular formula is C8H15BFN. The van der Waals surface area contributed by atoms with E-state index in [1.807, 2.05) is 4.90 Å². The van der Waals surface area contributed by atoms with Gasteiger partial charge in [0.15, 0.2) is 0 Å². The summed E-state index contributed by atoms with van der Waals surface area (Å²) in [7, 11) is 5.80. The summed E-state index contributed by atoms with van der Waals surface area (Å²) in [6.45, 7) is 4.62. The quantitative estimate of drug-likeness (QED) is 0.516. The zero-order valence-electron chi connectivity index (χ0n) is 7.26. The van der Waals surface area contributed by atoms with Gasteiger partial charge in [0.05, 0.1) is 7.85 Å². The Balaban J connectivity index is 2.47. The van der Waals surface area contributed by atoms with E-state index < -0.39 is 6.17 Å². The van der Waals surface area contributed by atoms with Gasteiger partial charge in [-0.15, -0.1) is 0 Å². The molecule has 2 radical (unpaired) electrons. The Morgan fingerprint density at radius 1 is 1.45 bits per heavy atom. The summed E-state index contributed by atoms with van der Waals surface area (Å²) < 4.78 is 12.9. The highest BCUT2D eigenvalue weighted by atomic mass is 19.1. The summed E-state index contributed by atoms with van der Waals surface area (Å²) in [6.07, 6.45) is 0.751. The normalized spacial score (nSPS) is 34.5. The van der Waals surface area contributed by atoms with E-state index in [1.165, 1.54) is 0 Å². The number of rotatable bonds is 1. The van der Waals surface area contributed by atoms with Crippen LogP contribution in [0.25, 0.3) is 0 Å². The zero-order chi connectivity index (χ0) is 8.43. The molecule has 1 nitrogen and oxygen atoms in total. The molecule has 62 valence electrons. The van der Waals surface area contributed by atoms with Crippen molar-refractivity contribution in [2.45, 2.75) is 44.8 Å². The van der Waals surface area contributed by atoms with Gasteiger partial charge < -0.3 is 4.90 Å². The van der Waals surface area contributed by atoms with Crippen LogP contribution in [0.2, 0.25) is 0 Å². The van der Waals surface area contributed by atoms with Gasteiger partial charge in [0.1, 0.15) is 6.17 Å². The summed E-state index contributed by atoms with van der Waals surface area (Å²) in [5, 5.41) is 0. The molecule has 1 heterocycles. The van der Waals surface area contributed by atoms with Crippen LogP contribution in [0.4, 0.5) is 4.39 Å². The Hall–Kier alpha value is -0.0451. The Kier molecular flexibility index (Phi) is 2.94. The summed E-state index contributed by atoms with van der Waals surface area (Å²) >= 11 is 0. The first kappa shape index (κ1) is 9.05. The van der Waals surface area contributed by atoms with Crippen LogP contribution in [0.1, 0.15) is 26.7 Å². The minimum atomic E-state index is -0.669. The van der Waals surface area contributed by atoms with Crippen molar-refractivity contribution in [1.82, 2.24) is 4.90 Å². The molecule has 0 unspecified atom stereocenters. The van der Waals surface area contributed by atoms with Crippen molar-refractivity contribution < 1.29 is 4.39 Å². The van der Waals surface area contributed by atoms with Crippen molar-refractivity contribution in [3.8, 4) is 0 Å². The summed E-state index contributed by atoms with van der Waals surface area (Å²) in [5.41, 5.74) is 0.